The molecule has 0 aliphatic carbocycles. The van der Waals surface area contributed by atoms with Gasteiger partial charge in [0, 0.05) is 17.1 Å². The van der Waals surface area contributed by atoms with E-state index < -0.39 is 17.1 Å². The topological polar surface area (TPSA) is 90.6 Å². The minimum Gasteiger partial charge on any atom is -0.493 e. The number of amides is 1. The zero-order chi connectivity index (χ0) is 24.5. The number of allylic oxidation sites excluding steroid dienone is 1. The monoisotopic (exact) mass is 507 g/mol. The summed E-state index contributed by atoms with van der Waals surface area (Å²) in [4.78, 5) is 18.0. The number of benzene rings is 1. The Morgan fingerprint density at radius 2 is 2.06 bits per heavy atom. The van der Waals surface area contributed by atoms with Crippen LogP contribution >= 0.6 is 22.7 Å². The Hall–Kier alpha value is -3.71. The molecule has 0 fully saturated rings. The van der Waals surface area contributed by atoms with Crippen molar-refractivity contribution in [2.75, 3.05) is 12.4 Å². The first-order valence-corrected chi connectivity index (χ1v) is 11.2. The molecule has 1 N–H and O–H groups in total. The number of anilines is 1. The lowest BCUT2D eigenvalue weighted by Crippen LogP contribution is -2.15. The largest absolute Gasteiger partial charge is 0.493 e. The molecule has 0 bridgehead atoms. The summed E-state index contributed by atoms with van der Waals surface area (Å²) in [7, 11) is 1.51. The van der Waals surface area contributed by atoms with Gasteiger partial charge in [0.15, 0.2) is 16.5 Å². The summed E-state index contributed by atoms with van der Waals surface area (Å²) in [6, 6.07) is 5.30. The molecule has 0 aliphatic rings. The number of rotatable bonds is 7. The fourth-order valence-corrected chi connectivity index (χ4v) is 4.29. The molecular formula is C21H16F3N5O3S2. The van der Waals surface area contributed by atoms with Gasteiger partial charge in [-0.3, -0.25) is 14.5 Å². The van der Waals surface area contributed by atoms with Gasteiger partial charge >= 0.3 is 6.18 Å². The van der Waals surface area contributed by atoms with Gasteiger partial charge in [-0.25, -0.2) is 4.98 Å². The number of nitrogens with one attached hydrogen (secondary N) is 1. The molecular weight excluding hydrogens is 491 g/mol. The molecule has 4 aromatic rings. The number of aromatic nitrogens is 4. The Morgan fingerprint density at radius 3 is 2.74 bits per heavy atom. The van der Waals surface area contributed by atoms with Crippen LogP contribution in [0.5, 0.6) is 11.5 Å². The zero-order valence-corrected chi connectivity index (χ0v) is 19.3. The highest BCUT2D eigenvalue weighted by molar-refractivity contribution is 7.15. The quantitative estimate of drug-likeness (QED) is 0.327. The van der Waals surface area contributed by atoms with Crippen LogP contribution in [0, 0.1) is 0 Å². The van der Waals surface area contributed by atoms with Crippen LogP contribution in [0.3, 0.4) is 0 Å². The Bertz CT molecular complexity index is 1400. The molecule has 0 spiro atoms. The Morgan fingerprint density at radius 1 is 1.26 bits per heavy atom. The normalized spacial score (nSPS) is 11.8. The minimum atomic E-state index is -4.65. The van der Waals surface area contributed by atoms with Gasteiger partial charge in [-0.2, -0.15) is 13.2 Å². The third-order valence-corrected chi connectivity index (χ3v) is 5.96. The van der Waals surface area contributed by atoms with Crippen molar-refractivity contribution >= 4 is 50.8 Å². The van der Waals surface area contributed by atoms with E-state index in [9.17, 15) is 18.0 Å². The first-order chi connectivity index (χ1) is 16.2. The van der Waals surface area contributed by atoms with Crippen LogP contribution in [-0.2, 0) is 6.18 Å². The number of hydrogen-bond acceptors (Lipinski definition) is 8. The fourth-order valence-electron chi connectivity index (χ4n) is 2.97. The Labute approximate surface area is 199 Å². The Balaban J connectivity index is 1.69. The number of carbonyl (C=O) groups is 1. The van der Waals surface area contributed by atoms with Crippen LogP contribution in [0.15, 0.2) is 42.1 Å². The summed E-state index contributed by atoms with van der Waals surface area (Å²) in [5.41, 5.74) is 1.07. The van der Waals surface area contributed by atoms with Gasteiger partial charge in [0.1, 0.15) is 5.69 Å². The second kappa shape index (κ2) is 9.27. The van der Waals surface area contributed by atoms with Crippen LogP contribution in [0.4, 0.5) is 18.3 Å². The highest BCUT2D eigenvalue weighted by Gasteiger charge is 2.36. The van der Waals surface area contributed by atoms with E-state index in [4.69, 9.17) is 9.47 Å². The predicted molar refractivity (Wildman–Crippen MR) is 123 cm³/mol. The summed E-state index contributed by atoms with van der Waals surface area (Å²) in [5, 5.41) is 9.18. The number of imidazole rings is 1. The SMILES string of the molecule is C=C(C)Oc1c(C=Cc2nc3sccn3c2C(=O)Nc2nnc(C(F)(F)F)s2)cccc1OC. The summed E-state index contributed by atoms with van der Waals surface area (Å²) >= 11 is 1.54. The molecule has 176 valence electrons. The number of thiazole rings is 1. The van der Waals surface area contributed by atoms with Gasteiger partial charge in [-0.05, 0) is 25.1 Å². The van der Waals surface area contributed by atoms with Crippen molar-refractivity contribution in [3.63, 3.8) is 0 Å². The molecule has 0 unspecified atom stereocenters. The average molecular weight is 508 g/mol. The van der Waals surface area contributed by atoms with E-state index in [1.807, 2.05) is 0 Å². The van der Waals surface area contributed by atoms with Gasteiger partial charge in [-0.15, -0.1) is 21.5 Å². The summed E-state index contributed by atoms with van der Waals surface area (Å²) < 4.78 is 51.1. The standard InChI is InChI=1S/C21H16F3N5O3S2/c1-11(2)32-16-12(5-4-6-14(16)31-3)7-8-13-15(29-9-10-33-20(29)25-13)17(30)26-19-28-27-18(34-19)21(22,23)24/h4-10H,1H2,2-3H3,(H,26,28,30). The van der Waals surface area contributed by atoms with Gasteiger partial charge in [0.2, 0.25) is 10.1 Å². The van der Waals surface area contributed by atoms with Crippen LogP contribution in [-0.4, -0.2) is 32.6 Å². The van der Waals surface area contributed by atoms with Crippen LogP contribution in [0.2, 0.25) is 0 Å². The molecule has 0 saturated heterocycles. The van der Waals surface area contributed by atoms with Gasteiger partial charge in [-0.1, -0.05) is 30.0 Å². The zero-order valence-electron chi connectivity index (χ0n) is 17.7. The van der Waals surface area contributed by atoms with Crippen molar-refractivity contribution < 1.29 is 27.4 Å². The maximum absolute atomic E-state index is 13.0. The highest BCUT2D eigenvalue weighted by atomic mass is 32.1. The second-order valence-corrected chi connectivity index (χ2v) is 8.63. The van der Waals surface area contributed by atoms with Crippen molar-refractivity contribution in [1.82, 2.24) is 19.6 Å². The molecule has 8 nitrogen and oxygen atoms in total. The molecule has 1 amide bonds. The van der Waals surface area contributed by atoms with Gasteiger partial charge < -0.3 is 9.47 Å². The van der Waals surface area contributed by atoms with Crippen molar-refractivity contribution in [2.24, 2.45) is 0 Å². The first kappa shape index (κ1) is 23.4. The Kier molecular flexibility index (Phi) is 6.39. The lowest BCUT2D eigenvalue weighted by atomic mass is 10.1. The number of nitrogens with zero attached hydrogens (tertiary/aromatic N) is 4. The number of halogens is 3. The molecule has 0 radical (unpaired) electrons. The van der Waals surface area contributed by atoms with E-state index in [0.717, 1.165) is 0 Å². The molecule has 3 aromatic heterocycles. The molecule has 13 heteroatoms. The van der Waals surface area contributed by atoms with Crippen LogP contribution in [0.25, 0.3) is 17.1 Å². The van der Waals surface area contributed by atoms with E-state index in [1.165, 1.54) is 18.4 Å². The number of ether oxygens (including phenoxy) is 2. The van der Waals surface area contributed by atoms with E-state index in [2.05, 4.69) is 27.1 Å². The number of fused-ring (bicyclic) bond motifs is 1. The average Bonchev–Trinajstić information content (AvgIpc) is 3.48. The molecule has 0 atom stereocenters. The third-order valence-electron chi connectivity index (χ3n) is 4.32. The number of hydrogen-bond donors (Lipinski definition) is 1. The predicted octanol–water partition coefficient (Wildman–Crippen LogP) is 5.61. The fraction of sp³-hybridized carbons (Fsp3) is 0.143. The number of alkyl halides is 3. The molecule has 0 saturated carbocycles. The smallest absolute Gasteiger partial charge is 0.445 e. The van der Waals surface area contributed by atoms with E-state index in [0.29, 0.717) is 33.5 Å². The van der Waals surface area contributed by atoms with E-state index in [-0.39, 0.29) is 22.2 Å². The lowest BCUT2D eigenvalue weighted by Gasteiger charge is -2.12. The van der Waals surface area contributed by atoms with Crippen molar-refractivity contribution in [1.29, 1.82) is 0 Å². The number of methoxy groups -OCH3 is 1. The maximum atomic E-state index is 13.0. The van der Waals surface area contributed by atoms with Crippen molar-refractivity contribution in [2.45, 2.75) is 13.1 Å². The molecule has 3 heterocycles. The third kappa shape index (κ3) is 4.79. The number of carbonyl (C=O) groups excluding carboxylic acids is 1. The lowest BCUT2D eigenvalue weighted by molar-refractivity contribution is -0.138. The summed E-state index contributed by atoms with van der Waals surface area (Å²) in [6.45, 7) is 5.45. The first-order valence-electron chi connectivity index (χ1n) is 9.53. The van der Waals surface area contributed by atoms with Crippen molar-refractivity contribution in [3.8, 4) is 11.5 Å². The summed E-state index contributed by atoms with van der Waals surface area (Å²) in [5.74, 6) is 0.705. The maximum Gasteiger partial charge on any atom is 0.445 e. The minimum absolute atomic E-state index is 0.126. The highest BCUT2D eigenvalue weighted by Crippen LogP contribution is 2.35. The molecule has 4 rings (SSSR count). The molecule has 34 heavy (non-hydrogen) atoms. The molecule has 1 aromatic carbocycles. The van der Waals surface area contributed by atoms with Crippen LogP contribution < -0.4 is 14.8 Å². The van der Waals surface area contributed by atoms with Gasteiger partial charge in [0.25, 0.3) is 5.91 Å². The van der Waals surface area contributed by atoms with Gasteiger partial charge in [0.05, 0.1) is 18.6 Å². The van der Waals surface area contributed by atoms with E-state index in [1.54, 1.807) is 53.3 Å². The second-order valence-electron chi connectivity index (χ2n) is 6.78. The van der Waals surface area contributed by atoms with Crippen LogP contribution in [0.1, 0.15) is 33.7 Å². The van der Waals surface area contributed by atoms with Crippen molar-refractivity contribution in [3.05, 3.63) is 64.1 Å². The number of para-hydroxylation sites is 1. The molecule has 0 aliphatic heterocycles. The van der Waals surface area contributed by atoms with E-state index >= 15 is 0 Å². The summed E-state index contributed by atoms with van der Waals surface area (Å²) in [6.07, 6.45) is 0.292.